The van der Waals surface area contributed by atoms with Gasteiger partial charge in [-0.25, -0.2) is 0 Å². The summed E-state index contributed by atoms with van der Waals surface area (Å²) in [6, 6.07) is 2.03. The molecule has 2 heterocycles. The summed E-state index contributed by atoms with van der Waals surface area (Å²) < 4.78 is 0. The third-order valence-electron chi connectivity index (χ3n) is 2.77. The highest BCUT2D eigenvalue weighted by Gasteiger charge is 2.25. The highest BCUT2D eigenvalue weighted by atomic mass is 16.1. The van der Waals surface area contributed by atoms with Crippen molar-refractivity contribution in [1.29, 1.82) is 0 Å². The van der Waals surface area contributed by atoms with Crippen molar-refractivity contribution in [2.45, 2.75) is 6.42 Å². The fraction of sp³-hybridized carbons (Fsp3) is 0.182. The summed E-state index contributed by atoms with van der Waals surface area (Å²) in [4.78, 5) is 14.8. The first kappa shape index (κ1) is 7.62. The van der Waals surface area contributed by atoms with E-state index < -0.39 is 0 Å². The molecule has 0 atom stereocenters. The molecule has 14 heavy (non-hydrogen) atoms. The standard InChI is InChI=1S/C11H10N2O/c14-11-5-10-8(2-4-13-10)7-1-3-12-6-9(7)11/h1-4,12-13H,5-6H2. The van der Waals surface area contributed by atoms with Crippen LogP contribution in [0.2, 0.25) is 0 Å². The number of ketones is 1. The predicted octanol–water partition coefficient (Wildman–Crippen LogP) is 1.01. The summed E-state index contributed by atoms with van der Waals surface area (Å²) in [6.07, 6.45) is 6.28. The van der Waals surface area contributed by atoms with Gasteiger partial charge < -0.3 is 10.3 Å². The molecule has 0 saturated carbocycles. The van der Waals surface area contributed by atoms with Crippen LogP contribution in [0.3, 0.4) is 0 Å². The SMILES string of the molecule is O=C1Cc2[nH]ccc2C2=C1CNC=C2. The van der Waals surface area contributed by atoms with E-state index in [1.54, 1.807) is 0 Å². The molecule has 3 heteroatoms. The minimum atomic E-state index is 0.229. The largest absolute Gasteiger partial charge is 0.387 e. The van der Waals surface area contributed by atoms with Gasteiger partial charge in [-0.3, -0.25) is 4.79 Å². The predicted molar refractivity (Wildman–Crippen MR) is 53.6 cm³/mol. The molecule has 0 radical (unpaired) electrons. The van der Waals surface area contributed by atoms with Gasteiger partial charge in [0.15, 0.2) is 5.78 Å². The molecule has 0 spiro atoms. The van der Waals surface area contributed by atoms with Gasteiger partial charge >= 0.3 is 0 Å². The van der Waals surface area contributed by atoms with E-state index in [4.69, 9.17) is 0 Å². The van der Waals surface area contributed by atoms with Crippen LogP contribution in [0.15, 0.2) is 30.1 Å². The normalized spacial score (nSPS) is 19.0. The average molecular weight is 186 g/mol. The number of nitrogens with one attached hydrogen (secondary N) is 2. The van der Waals surface area contributed by atoms with Gasteiger partial charge in [-0.2, -0.15) is 0 Å². The maximum absolute atomic E-state index is 11.7. The zero-order valence-electron chi connectivity index (χ0n) is 7.63. The molecule has 3 rings (SSSR count). The lowest BCUT2D eigenvalue weighted by Crippen LogP contribution is -2.25. The molecule has 1 aromatic rings. The number of Topliss-reactive ketones (excluding diaryl/α,β-unsaturated/α-hetero) is 1. The van der Waals surface area contributed by atoms with Crippen LogP contribution >= 0.6 is 0 Å². The second-order valence-corrected chi connectivity index (χ2v) is 3.58. The van der Waals surface area contributed by atoms with E-state index in [1.165, 1.54) is 5.56 Å². The van der Waals surface area contributed by atoms with Crippen molar-refractivity contribution in [1.82, 2.24) is 10.3 Å². The Balaban J connectivity index is 2.25. The molecule has 1 aromatic heterocycles. The molecule has 1 aliphatic heterocycles. The molecule has 1 aliphatic carbocycles. The van der Waals surface area contributed by atoms with Crippen molar-refractivity contribution in [2.24, 2.45) is 0 Å². The fourth-order valence-corrected chi connectivity index (χ4v) is 2.07. The maximum atomic E-state index is 11.7. The van der Waals surface area contributed by atoms with Crippen LogP contribution in [-0.2, 0) is 11.2 Å². The van der Waals surface area contributed by atoms with Crippen molar-refractivity contribution in [3.05, 3.63) is 41.4 Å². The zero-order chi connectivity index (χ0) is 9.54. The van der Waals surface area contributed by atoms with Crippen LogP contribution in [0, 0.1) is 0 Å². The molecule has 0 amide bonds. The van der Waals surface area contributed by atoms with Crippen molar-refractivity contribution >= 4 is 11.4 Å². The van der Waals surface area contributed by atoms with Gasteiger partial charge in [0.2, 0.25) is 0 Å². The van der Waals surface area contributed by atoms with Crippen LogP contribution in [-0.4, -0.2) is 17.3 Å². The number of aromatic nitrogens is 1. The van der Waals surface area contributed by atoms with Crippen molar-refractivity contribution in [3.8, 4) is 0 Å². The third kappa shape index (κ3) is 0.894. The van der Waals surface area contributed by atoms with Crippen LogP contribution in [0.25, 0.3) is 5.57 Å². The van der Waals surface area contributed by atoms with E-state index in [9.17, 15) is 4.79 Å². The molecule has 0 saturated heterocycles. The molecule has 0 fully saturated rings. The number of allylic oxidation sites excluding steroid dienone is 2. The summed E-state index contributed by atoms with van der Waals surface area (Å²) in [5.74, 6) is 0.229. The third-order valence-corrected chi connectivity index (χ3v) is 2.77. The number of H-pyrrole nitrogens is 1. The van der Waals surface area contributed by atoms with Crippen LogP contribution in [0.4, 0.5) is 0 Å². The van der Waals surface area contributed by atoms with Gasteiger partial charge in [0.25, 0.3) is 0 Å². The smallest absolute Gasteiger partial charge is 0.167 e. The Hall–Kier alpha value is -1.77. The van der Waals surface area contributed by atoms with E-state index >= 15 is 0 Å². The Bertz CT molecular complexity index is 465. The summed E-state index contributed by atoms with van der Waals surface area (Å²) in [5, 5.41) is 3.07. The topological polar surface area (TPSA) is 44.9 Å². The minimum absolute atomic E-state index is 0.229. The lowest BCUT2D eigenvalue weighted by Gasteiger charge is -2.20. The van der Waals surface area contributed by atoms with Gasteiger partial charge in [0.05, 0.1) is 6.42 Å². The van der Waals surface area contributed by atoms with Gasteiger partial charge in [-0.05, 0) is 23.9 Å². The number of hydrogen-bond donors (Lipinski definition) is 2. The Morgan fingerprint density at radius 2 is 2.29 bits per heavy atom. The van der Waals surface area contributed by atoms with Gasteiger partial charge in [-0.15, -0.1) is 0 Å². The number of hydrogen-bond acceptors (Lipinski definition) is 2. The quantitative estimate of drug-likeness (QED) is 0.635. The van der Waals surface area contributed by atoms with Crippen molar-refractivity contribution in [3.63, 3.8) is 0 Å². The van der Waals surface area contributed by atoms with Gasteiger partial charge in [0.1, 0.15) is 0 Å². The van der Waals surface area contributed by atoms with E-state index in [0.29, 0.717) is 13.0 Å². The van der Waals surface area contributed by atoms with Gasteiger partial charge in [-0.1, -0.05) is 0 Å². The lowest BCUT2D eigenvalue weighted by molar-refractivity contribution is -0.115. The number of fused-ring (bicyclic) bond motifs is 2. The number of aromatic amines is 1. The highest BCUT2D eigenvalue weighted by molar-refractivity contribution is 6.09. The molecule has 0 unspecified atom stereocenters. The number of carbonyl (C=O) groups excluding carboxylic acids is 1. The first-order valence-electron chi connectivity index (χ1n) is 4.69. The van der Waals surface area contributed by atoms with E-state index in [2.05, 4.69) is 10.3 Å². The molecular formula is C11H10N2O. The Kier molecular flexibility index (Phi) is 1.42. The number of rotatable bonds is 0. The van der Waals surface area contributed by atoms with Gasteiger partial charge in [0, 0.05) is 29.6 Å². The maximum Gasteiger partial charge on any atom is 0.167 e. The molecule has 2 aliphatic rings. The monoisotopic (exact) mass is 186 g/mol. The van der Waals surface area contributed by atoms with E-state index in [0.717, 1.165) is 16.8 Å². The first-order valence-corrected chi connectivity index (χ1v) is 4.69. The lowest BCUT2D eigenvalue weighted by atomic mass is 9.87. The van der Waals surface area contributed by atoms with Crippen LogP contribution < -0.4 is 5.32 Å². The minimum Gasteiger partial charge on any atom is -0.387 e. The Morgan fingerprint density at radius 1 is 1.36 bits per heavy atom. The summed E-state index contributed by atoms with van der Waals surface area (Å²) in [7, 11) is 0. The average Bonchev–Trinajstić information content (AvgIpc) is 2.66. The van der Waals surface area contributed by atoms with E-state index in [-0.39, 0.29) is 5.78 Å². The molecular weight excluding hydrogens is 176 g/mol. The molecule has 3 nitrogen and oxygen atoms in total. The summed E-state index contributed by atoms with van der Waals surface area (Å²) in [5.41, 5.74) is 4.22. The van der Waals surface area contributed by atoms with Crippen molar-refractivity contribution in [2.75, 3.05) is 6.54 Å². The van der Waals surface area contributed by atoms with Crippen LogP contribution in [0.1, 0.15) is 11.3 Å². The first-order chi connectivity index (χ1) is 6.86. The molecule has 0 bridgehead atoms. The molecule has 70 valence electrons. The number of carbonyl (C=O) groups is 1. The zero-order valence-corrected chi connectivity index (χ0v) is 7.63. The second-order valence-electron chi connectivity index (χ2n) is 3.58. The molecule has 2 N–H and O–H groups in total. The highest BCUT2D eigenvalue weighted by Crippen LogP contribution is 2.30. The number of dihydropyridines is 1. The van der Waals surface area contributed by atoms with E-state index in [1.807, 2.05) is 24.5 Å². The summed E-state index contributed by atoms with van der Waals surface area (Å²) >= 11 is 0. The fourth-order valence-electron chi connectivity index (χ4n) is 2.07. The van der Waals surface area contributed by atoms with Crippen LogP contribution in [0.5, 0.6) is 0 Å². The summed E-state index contributed by atoms with van der Waals surface area (Å²) in [6.45, 7) is 0.662. The molecule has 0 aromatic carbocycles. The van der Waals surface area contributed by atoms with Crippen molar-refractivity contribution < 1.29 is 4.79 Å². The Morgan fingerprint density at radius 3 is 3.21 bits per heavy atom. The second kappa shape index (κ2) is 2.61. The Labute approximate surface area is 81.5 Å².